The van der Waals surface area contributed by atoms with Crippen molar-refractivity contribution in [2.75, 3.05) is 11.4 Å². The smallest absolute Gasteiger partial charge is 0.254 e. The summed E-state index contributed by atoms with van der Waals surface area (Å²) in [5.41, 5.74) is 1.40. The Morgan fingerprint density at radius 3 is 2.68 bits per heavy atom. The molecule has 0 bridgehead atoms. The number of alkyl halides is 2. The van der Waals surface area contributed by atoms with Gasteiger partial charge in [0.25, 0.3) is 6.43 Å². The van der Waals surface area contributed by atoms with E-state index in [0.717, 1.165) is 17.7 Å². The van der Waals surface area contributed by atoms with Gasteiger partial charge in [0.2, 0.25) is 5.62 Å². The van der Waals surface area contributed by atoms with Crippen LogP contribution in [0.1, 0.15) is 37.3 Å². The van der Waals surface area contributed by atoms with Crippen molar-refractivity contribution in [1.82, 2.24) is 9.55 Å². The van der Waals surface area contributed by atoms with E-state index in [2.05, 4.69) is 16.8 Å². The number of nitrogens with one attached hydrogen (secondary N) is 2. The van der Waals surface area contributed by atoms with Crippen LogP contribution in [0.3, 0.4) is 0 Å². The summed E-state index contributed by atoms with van der Waals surface area (Å²) < 4.78 is 42.5. The number of hydrogen-bond acceptors (Lipinski definition) is 4. The van der Waals surface area contributed by atoms with Crippen LogP contribution in [0.4, 0.5) is 24.7 Å². The topological polar surface area (TPSA) is 68.8 Å². The van der Waals surface area contributed by atoms with Crippen LogP contribution in [0.15, 0.2) is 30.3 Å². The summed E-state index contributed by atoms with van der Waals surface area (Å²) in [6, 6.07) is 8.21. The molecule has 9 heteroatoms. The average Bonchev–Trinajstić information content (AvgIpc) is 3.60. The van der Waals surface area contributed by atoms with Crippen molar-refractivity contribution >= 4 is 39.8 Å². The van der Waals surface area contributed by atoms with Gasteiger partial charge in [0.05, 0.1) is 21.3 Å². The number of hydrogen-bond donors (Lipinski definition) is 2. The van der Waals surface area contributed by atoms with Crippen LogP contribution in [-0.2, 0) is 6.42 Å². The van der Waals surface area contributed by atoms with Gasteiger partial charge in [-0.25, -0.2) is 13.2 Å². The van der Waals surface area contributed by atoms with Gasteiger partial charge in [-0.15, -0.1) is 0 Å². The molecule has 3 aromatic rings. The van der Waals surface area contributed by atoms with Gasteiger partial charge in [-0.05, 0) is 62.4 Å². The standard InChI is InChI=1S/C25H21ClF3N5/c1-14(30)34-19-8-7-17(27)21(26)20(19)22(32-24(34)31)33-13-3-5-16-15(4-2-6-18(16)33)9-10-25(11-12-25)23(28)29/h2,4,6-8,23,30-31H,3,5,11-13H2,1H3. The van der Waals surface area contributed by atoms with Crippen molar-refractivity contribution in [2.45, 2.75) is 39.0 Å². The molecule has 1 aliphatic heterocycles. The maximum absolute atomic E-state index is 14.5. The molecule has 1 aliphatic carbocycles. The van der Waals surface area contributed by atoms with E-state index in [1.54, 1.807) is 6.07 Å². The molecule has 2 aliphatic rings. The second-order valence-electron chi connectivity index (χ2n) is 8.70. The number of rotatable bonds is 2. The van der Waals surface area contributed by atoms with Crippen LogP contribution < -0.4 is 10.5 Å². The highest BCUT2D eigenvalue weighted by Crippen LogP contribution is 2.50. The quantitative estimate of drug-likeness (QED) is 0.281. The highest BCUT2D eigenvalue weighted by Gasteiger charge is 2.50. The molecule has 0 radical (unpaired) electrons. The minimum Gasteiger partial charge on any atom is -0.325 e. The van der Waals surface area contributed by atoms with E-state index in [4.69, 9.17) is 22.4 Å². The molecule has 2 heterocycles. The van der Waals surface area contributed by atoms with Gasteiger partial charge in [-0.2, -0.15) is 4.98 Å². The molecule has 2 aromatic carbocycles. The molecule has 0 unspecified atom stereocenters. The molecular weight excluding hydrogens is 463 g/mol. The Balaban J connectivity index is 1.70. The van der Waals surface area contributed by atoms with E-state index in [9.17, 15) is 13.2 Å². The minimum absolute atomic E-state index is 0.0568. The maximum Gasteiger partial charge on any atom is 0.254 e. The first kappa shape index (κ1) is 22.5. The van der Waals surface area contributed by atoms with Crippen molar-refractivity contribution < 1.29 is 13.2 Å². The lowest BCUT2D eigenvalue weighted by molar-refractivity contribution is 0.0921. The Bertz CT molecular complexity index is 1460. The first-order chi connectivity index (χ1) is 16.2. The number of benzene rings is 2. The van der Waals surface area contributed by atoms with E-state index in [1.807, 2.05) is 17.0 Å². The van der Waals surface area contributed by atoms with E-state index >= 15 is 0 Å². The third kappa shape index (κ3) is 3.55. The van der Waals surface area contributed by atoms with E-state index in [0.29, 0.717) is 48.1 Å². The second-order valence-corrected chi connectivity index (χ2v) is 9.08. The van der Waals surface area contributed by atoms with Crippen LogP contribution in [0.25, 0.3) is 10.9 Å². The Hall–Kier alpha value is -3.31. The second kappa shape index (κ2) is 8.17. The van der Waals surface area contributed by atoms with Gasteiger partial charge in [-0.1, -0.05) is 29.5 Å². The van der Waals surface area contributed by atoms with Gasteiger partial charge >= 0.3 is 0 Å². The fraction of sp³-hybridized carbons (Fsp3) is 0.320. The summed E-state index contributed by atoms with van der Waals surface area (Å²) in [7, 11) is 0. The molecule has 5 rings (SSSR count). The normalized spacial score (nSPS) is 16.2. The molecule has 2 N–H and O–H groups in total. The number of fused-ring (bicyclic) bond motifs is 2. The molecule has 0 spiro atoms. The molecule has 1 fully saturated rings. The molecule has 1 saturated carbocycles. The van der Waals surface area contributed by atoms with Crippen molar-refractivity contribution in [3.8, 4) is 11.8 Å². The summed E-state index contributed by atoms with van der Waals surface area (Å²) >= 11 is 6.39. The zero-order chi connectivity index (χ0) is 24.2. The van der Waals surface area contributed by atoms with Crippen molar-refractivity contribution in [3.63, 3.8) is 0 Å². The Morgan fingerprint density at radius 2 is 2.00 bits per heavy atom. The van der Waals surface area contributed by atoms with E-state index in [1.165, 1.54) is 23.6 Å². The van der Waals surface area contributed by atoms with Crippen LogP contribution >= 0.6 is 11.6 Å². The van der Waals surface area contributed by atoms with Crippen LogP contribution in [0.2, 0.25) is 5.02 Å². The third-order valence-corrected chi connectivity index (χ3v) is 6.82. The van der Waals surface area contributed by atoms with Crippen molar-refractivity contribution in [3.05, 3.63) is 57.9 Å². The van der Waals surface area contributed by atoms with Crippen molar-refractivity contribution in [2.24, 2.45) is 5.41 Å². The Labute approximate surface area is 199 Å². The molecule has 0 atom stereocenters. The number of nitrogens with zero attached hydrogens (tertiary/aromatic N) is 3. The fourth-order valence-electron chi connectivity index (χ4n) is 4.48. The first-order valence-corrected chi connectivity index (χ1v) is 11.3. The summed E-state index contributed by atoms with van der Waals surface area (Å²) in [6.45, 7) is 2.07. The van der Waals surface area contributed by atoms with E-state index < -0.39 is 17.7 Å². The summed E-state index contributed by atoms with van der Waals surface area (Å²) in [5, 5.41) is 16.7. The predicted molar refractivity (Wildman–Crippen MR) is 126 cm³/mol. The molecule has 1 aromatic heterocycles. The molecule has 0 amide bonds. The summed E-state index contributed by atoms with van der Waals surface area (Å²) in [4.78, 5) is 6.30. The van der Waals surface area contributed by atoms with Crippen LogP contribution in [0.5, 0.6) is 0 Å². The lowest BCUT2D eigenvalue weighted by atomic mass is 9.95. The maximum atomic E-state index is 14.5. The summed E-state index contributed by atoms with van der Waals surface area (Å²) in [6.07, 6.45) is -0.220. The third-order valence-electron chi connectivity index (χ3n) is 6.46. The van der Waals surface area contributed by atoms with Gasteiger partial charge in [0, 0.05) is 17.8 Å². The SMILES string of the molecule is CC(=N)n1c(=N)nc(N2CCCc3c(C#CC4(C(F)F)CC4)cccc32)c2c(Cl)c(F)ccc21. The van der Waals surface area contributed by atoms with Crippen LogP contribution in [0, 0.1) is 33.9 Å². The van der Waals surface area contributed by atoms with Gasteiger partial charge in [-0.3, -0.25) is 15.4 Å². The van der Waals surface area contributed by atoms with Crippen LogP contribution in [-0.4, -0.2) is 28.4 Å². The van der Waals surface area contributed by atoms with Gasteiger partial charge in [0.1, 0.15) is 17.5 Å². The molecule has 174 valence electrons. The number of aromatic nitrogens is 2. The van der Waals surface area contributed by atoms with Gasteiger partial charge in [0.15, 0.2) is 0 Å². The lowest BCUT2D eigenvalue weighted by Gasteiger charge is -2.32. The summed E-state index contributed by atoms with van der Waals surface area (Å²) in [5.74, 6) is 5.55. The number of halogens is 4. The highest BCUT2D eigenvalue weighted by atomic mass is 35.5. The minimum atomic E-state index is -2.47. The molecule has 34 heavy (non-hydrogen) atoms. The Kier molecular flexibility index (Phi) is 5.40. The zero-order valence-electron chi connectivity index (χ0n) is 18.4. The molecule has 0 saturated heterocycles. The largest absolute Gasteiger partial charge is 0.325 e. The van der Waals surface area contributed by atoms with Gasteiger partial charge < -0.3 is 4.90 Å². The first-order valence-electron chi connectivity index (χ1n) is 10.9. The average molecular weight is 484 g/mol. The van der Waals surface area contributed by atoms with E-state index in [-0.39, 0.29) is 16.5 Å². The zero-order valence-corrected chi connectivity index (χ0v) is 19.1. The fourth-order valence-corrected chi connectivity index (χ4v) is 4.72. The monoisotopic (exact) mass is 483 g/mol. The molecular formula is C25H21ClF3N5. The molecule has 5 nitrogen and oxygen atoms in total. The highest BCUT2D eigenvalue weighted by molar-refractivity contribution is 6.36. The van der Waals surface area contributed by atoms with Crippen molar-refractivity contribution in [1.29, 1.82) is 10.8 Å². The Morgan fingerprint density at radius 1 is 1.24 bits per heavy atom. The lowest BCUT2D eigenvalue weighted by Crippen LogP contribution is -2.33. The predicted octanol–water partition coefficient (Wildman–Crippen LogP) is 5.63. The number of anilines is 2.